The van der Waals surface area contributed by atoms with Gasteiger partial charge in [-0.15, -0.1) is 11.3 Å². The molecular formula is C18H22N2O3S. The summed E-state index contributed by atoms with van der Waals surface area (Å²) in [7, 11) is 3.09. The minimum absolute atomic E-state index is 0.247. The molecule has 0 saturated carbocycles. The number of aromatic nitrogens is 1. The number of benzene rings is 1. The summed E-state index contributed by atoms with van der Waals surface area (Å²) < 4.78 is 10.3. The summed E-state index contributed by atoms with van der Waals surface area (Å²) in [5.74, 6) is 0.554. The second-order valence-electron chi connectivity index (χ2n) is 5.89. The highest BCUT2D eigenvalue weighted by molar-refractivity contribution is 7.12. The van der Waals surface area contributed by atoms with Crippen LogP contribution in [0.1, 0.15) is 44.8 Å². The van der Waals surface area contributed by atoms with E-state index in [1.165, 1.54) is 12.7 Å². The standard InChI is InChI=1S/C18H22N2O3S/c1-12-16(18(21)23-3)19-17(24-12)14-8-6-10-20(14)11-13-7-4-5-9-15(13)22-2/h4-5,7,9,14H,6,8,10-11H2,1-3H3/t14-/m1/s1. The molecule has 1 aliphatic heterocycles. The molecule has 1 saturated heterocycles. The van der Waals surface area contributed by atoms with Gasteiger partial charge in [0.25, 0.3) is 0 Å². The number of ether oxygens (including phenoxy) is 2. The molecular weight excluding hydrogens is 324 g/mol. The van der Waals surface area contributed by atoms with Gasteiger partial charge in [-0.3, -0.25) is 4.90 Å². The Labute approximate surface area is 146 Å². The number of hydrogen-bond donors (Lipinski definition) is 0. The molecule has 2 aromatic rings. The van der Waals surface area contributed by atoms with E-state index in [4.69, 9.17) is 9.47 Å². The van der Waals surface area contributed by atoms with Crippen LogP contribution in [-0.2, 0) is 11.3 Å². The maximum absolute atomic E-state index is 11.8. The van der Waals surface area contributed by atoms with Crippen LogP contribution < -0.4 is 4.74 Å². The Morgan fingerprint density at radius 2 is 2.17 bits per heavy atom. The third kappa shape index (κ3) is 3.30. The Balaban J connectivity index is 1.82. The van der Waals surface area contributed by atoms with Gasteiger partial charge in [0.15, 0.2) is 5.69 Å². The molecule has 1 aliphatic rings. The highest BCUT2D eigenvalue weighted by Gasteiger charge is 2.30. The zero-order valence-electron chi connectivity index (χ0n) is 14.2. The number of hydrogen-bond acceptors (Lipinski definition) is 6. The maximum Gasteiger partial charge on any atom is 0.357 e. The first-order valence-corrected chi connectivity index (χ1v) is 8.87. The smallest absolute Gasteiger partial charge is 0.357 e. The Hall–Kier alpha value is -1.92. The predicted molar refractivity (Wildman–Crippen MR) is 93.6 cm³/mol. The third-order valence-corrected chi connectivity index (χ3v) is 5.48. The van der Waals surface area contributed by atoms with E-state index >= 15 is 0 Å². The van der Waals surface area contributed by atoms with Crippen LogP contribution >= 0.6 is 11.3 Å². The van der Waals surface area contributed by atoms with E-state index in [0.29, 0.717) is 5.69 Å². The van der Waals surface area contributed by atoms with Crippen LogP contribution in [0.4, 0.5) is 0 Å². The van der Waals surface area contributed by atoms with E-state index in [1.54, 1.807) is 18.4 Å². The zero-order valence-corrected chi connectivity index (χ0v) is 15.1. The van der Waals surface area contributed by atoms with Crippen molar-refractivity contribution >= 4 is 17.3 Å². The molecule has 0 unspecified atom stereocenters. The predicted octanol–water partition coefficient (Wildman–Crippen LogP) is 3.58. The second-order valence-corrected chi connectivity index (χ2v) is 7.12. The first-order chi connectivity index (χ1) is 11.6. The summed E-state index contributed by atoms with van der Waals surface area (Å²) in [6.45, 7) is 3.77. The van der Waals surface area contributed by atoms with Gasteiger partial charge in [0, 0.05) is 17.0 Å². The topological polar surface area (TPSA) is 51.7 Å². The zero-order chi connectivity index (χ0) is 17.1. The van der Waals surface area contributed by atoms with Crippen LogP contribution in [0.15, 0.2) is 24.3 Å². The van der Waals surface area contributed by atoms with Gasteiger partial charge in [-0.2, -0.15) is 0 Å². The van der Waals surface area contributed by atoms with E-state index in [-0.39, 0.29) is 12.0 Å². The third-order valence-electron chi connectivity index (χ3n) is 4.41. The molecule has 1 aromatic carbocycles. The normalized spacial score (nSPS) is 17.9. The minimum atomic E-state index is -0.357. The van der Waals surface area contributed by atoms with Crippen LogP contribution in [0, 0.1) is 6.92 Å². The van der Waals surface area contributed by atoms with Gasteiger partial charge < -0.3 is 9.47 Å². The van der Waals surface area contributed by atoms with Crippen molar-refractivity contribution in [3.05, 3.63) is 45.4 Å². The number of methoxy groups -OCH3 is 2. The number of nitrogens with zero attached hydrogens (tertiary/aromatic N) is 2. The summed E-state index contributed by atoms with van der Waals surface area (Å²) in [5.41, 5.74) is 1.62. The second kappa shape index (κ2) is 7.32. The molecule has 5 nitrogen and oxygen atoms in total. The lowest BCUT2D eigenvalue weighted by Gasteiger charge is -2.23. The van der Waals surface area contributed by atoms with Crippen molar-refractivity contribution in [2.75, 3.05) is 20.8 Å². The van der Waals surface area contributed by atoms with Crippen molar-refractivity contribution in [3.8, 4) is 5.75 Å². The first kappa shape index (κ1) is 16.9. The van der Waals surface area contributed by atoms with E-state index in [2.05, 4.69) is 16.0 Å². The molecule has 0 bridgehead atoms. The molecule has 1 aromatic heterocycles. The van der Waals surface area contributed by atoms with Crippen molar-refractivity contribution < 1.29 is 14.3 Å². The number of para-hydroxylation sites is 1. The number of aryl methyl sites for hydroxylation is 1. The first-order valence-electron chi connectivity index (χ1n) is 8.05. The van der Waals surface area contributed by atoms with E-state index in [1.807, 2.05) is 25.1 Å². The number of thiazole rings is 1. The molecule has 0 N–H and O–H groups in total. The molecule has 6 heteroatoms. The number of esters is 1. The van der Waals surface area contributed by atoms with Gasteiger partial charge in [-0.05, 0) is 32.4 Å². The molecule has 0 radical (unpaired) electrons. The van der Waals surface area contributed by atoms with E-state index in [0.717, 1.165) is 41.6 Å². The SMILES string of the molecule is COC(=O)c1nc([C@H]2CCCN2Cc2ccccc2OC)sc1C. The van der Waals surface area contributed by atoms with Crippen LogP contribution in [0.25, 0.3) is 0 Å². The summed E-state index contributed by atoms with van der Waals surface area (Å²) in [6.07, 6.45) is 2.19. The maximum atomic E-state index is 11.8. The number of carbonyl (C=O) groups is 1. The fourth-order valence-corrected chi connectivity index (χ4v) is 4.27. The quantitative estimate of drug-likeness (QED) is 0.775. The fraction of sp³-hybridized carbons (Fsp3) is 0.444. The molecule has 1 fully saturated rings. The minimum Gasteiger partial charge on any atom is -0.496 e. The van der Waals surface area contributed by atoms with Crippen molar-refractivity contribution in [2.45, 2.75) is 32.4 Å². The number of likely N-dealkylation sites (tertiary alicyclic amines) is 1. The van der Waals surface area contributed by atoms with Crippen LogP contribution in [0.5, 0.6) is 5.75 Å². The van der Waals surface area contributed by atoms with Crippen LogP contribution in [0.3, 0.4) is 0 Å². The van der Waals surface area contributed by atoms with E-state index in [9.17, 15) is 4.79 Å². The number of rotatable bonds is 5. The summed E-state index contributed by atoms with van der Waals surface area (Å²) in [4.78, 5) is 19.7. The van der Waals surface area contributed by atoms with Crippen LogP contribution in [-0.4, -0.2) is 36.6 Å². The largest absolute Gasteiger partial charge is 0.496 e. The summed E-state index contributed by atoms with van der Waals surface area (Å²) >= 11 is 1.59. The average molecular weight is 346 g/mol. The van der Waals surface area contributed by atoms with E-state index < -0.39 is 0 Å². The molecule has 0 spiro atoms. The Kier molecular flexibility index (Phi) is 5.16. The molecule has 128 valence electrons. The monoisotopic (exact) mass is 346 g/mol. The van der Waals surface area contributed by atoms with Gasteiger partial charge in [-0.25, -0.2) is 9.78 Å². The fourth-order valence-electron chi connectivity index (χ4n) is 3.19. The van der Waals surface area contributed by atoms with Gasteiger partial charge in [0.2, 0.25) is 0 Å². The molecule has 24 heavy (non-hydrogen) atoms. The number of carbonyl (C=O) groups excluding carboxylic acids is 1. The lowest BCUT2D eigenvalue weighted by molar-refractivity contribution is 0.0593. The van der Waals surface area contributed by atoms with Crippen molar-refractivity contribution in [1.29, 1.82) is 0 Å². The lowest BCUT2D eigenvalue weighted by Crippen LogP contribution is -2.23. The van der Waals surface area contributed by atoms with Crippen molar-refractivity contribution in [1.82, 2.24) is 9.88 Å². The average Bonchev–Trinajstić information content (AvgIpc) is 3.21. The summed E-state index contributed by atoms with van der Waals surface area (Å²) in [5, 5.41) is 1.00. The highest BCUT2D eigenvalue weighted by atomic mass is 32.1. The van der Waals surface area contributed by atoms with Crippen molar-refractivity contribution in [2.24, 2.45) is 0 Å². The lowest BCUT2D eigenvalue weighted by atomic mass is 10.1. The highest BCUT2D eigenvalue weighted by Crippen LogP contribution is 2.37. The van der Waals surface area contributed by atoms with Crippen molar-refractivity contribution in [3.63, 3.8) is 0 Å². The summed E-state index contributed by atoms with van der Waals surface area (Å²) in [6, 6.07) is 8.35. The molecule has 3 rings (SSSR count). The van der Waals surface area contributed by atoms with Gasteiger partial charge in [-0.1, -0.05) is 18.2 Å². The molecule has 1 atom stereocenters. The Morgan fingerprint density at radius 1 is 1.38 bits per heavy atom. The Bertz CT molecular complexity index is 729. The Morgan fingerprint density at radius 3 is 2.92 bits per heavy atom. The molecule has 2 heterocycles. The molecule has 0 aliphatic carbocycles. The van der Waals surface area contributed by atoms with Crippen LogP contribution in [0.2, 0.25) is 0 Å². The van der Waals surface area contributed by atoms with Gasteiger partial charge in [0.1, 0.15) is 10.8 Å². The molecule has 0 amide bonds. The van der Waals surface area contributed by atoms with Gasteiger partial charge >= 0.3 is 5.97 Å². The van der Waals surface area contributed by atoms with Gasteiger partial charge in [0.05, 0.1) is 20.3 Å².